The van der Waals surface area contributed by atoms with Crippen molar-refractivity contribution in [1.29, 1.82) is 0 Å². The Morgan fingerprint density at radius 1 is 1.00 bits per heavy atom. The van der Waals surface area contributed by atoms with E-state index in [0.29, 0.717) is 0 Å². The molecule has 0 spiro atoms. The molecule has 1 N–H and O–H groups in total. The molecule has 2 aromatic carbocycles. The Hall–Kier alpha value is -2.22. The highest BCUT2D eigenvalue weighted by atomic mass is 127. The number of aromatic nitrogens is 2. The average molecular weight is 475 g/mol. The van der Waals surface area contributed by atoms with E-state index in [4.69, 9.17) is 14.6 Å². The molecule has 0 radical (unpaired) electrons. The third kappa shape index (κ3) is 3.63. The molecule has 0 bridgehead atoms. The summed E-state index contributed by atoms with van der Waals surface area (Å²) in [6, 6.07) is 14.4. The molecule has 140 valence electrons. The van der Waals surface area contributed by atoms with Crippen LogP contribution < -0.4 is 14.8 Å². The van der Waals surface area contributed by atoms with Gasteiger partial charge in [0, 0.05) is 27.3 Å². The van der Waals surface area contributed by atoms with Gasteiger partial charge < -0.3 is 14.8 Å². The van der Waals surface area contributed by atoms with Crippen molar-refractivity contribution < 1.29 is 9.47 Å². The first kappa shape index (κ1) is 18.2. The lowest BCUT2D eigenvalue weighted by molar-refractivity contribution is 0.394. The smallest absolute Gasteiger partial charge is 0.133 e. The molecule has 2 heterocycles. The maximum Gasteiger partial charge on any atom is 0.133 e. The Morgan fingerprint density at radius 2 is 1.70 bits per heavy atom. The zero-order valence-electron chi connectivity index (χ0n) is 15.5. The molecular weight excluding hydrogens is 453 g/mol. The van der Waals surface area contributed by atoms with Crippen LogP contribution in [0.4, 0.5) is 5.82 Å². The fourth-order valence-corrected chi connectivity index (χ4v) is 3.81. The summed E-state index contributed by atoms with van der Waals surface area (Å²) < 4.78 is 14.2. The van der Waals surface area contributed by atoms with Gasteiger partial charge in [0.05, 0.1) is 25.6 Å². The summed E-state index contributed by atoms with van der Waals surface area (Å²) in [5.74, 6) is 2.62. The van der Waals surface area contributed by atoms with Gasteiger partial charge in [-0.3, -0.25) is 0 Å². The van der Waals surface area contributed by atoms with Crippen LogP contribution in [-0.4, -0.2) is 30.5 Å². The third-order valence-corrected chi connectivity index (χ3v) is 5.54. The van der Waals surface area contributed by atoms with Crippen LogP contribution in [0.5, 0.6) is 11.5 Å². The van der Waals surface area contributed by atoms with E-state index in [9.17, 15) is 0 Å². The Kier molecular flexibility index (Phi) is 5.24. The molecule has 0 aliphatic carbocycles. The predicted molar refractivity (Wildman–Crippen MR) is 116 cm³/mol. The van der Waals surface area contributed by atoms with E-state index in [1.54, 1.807) is 14.2 Å². The van der Waals surface area contributed by atoms with Crippen LogP contribution in [0.15, 0.2) is 42.5 Å². The Bertz CT molecular complexity index is 929. The van der Waals surface area contributed by atoms with Gasteiger partial charge in [0.15, 0.2) is 0 Å². The molecule has 0 atom stereocenters. The summed E-state index contributed by atoms with van der Waals surface area (Å²) >= 11 is 2.32. The quantitative estimate of drug-likeness (QED) is 0.545. The monoisotopic (exact) mass is 475 g/mol. The molecular formula is C21H22IN3O2. The van der Waals surface area contributed by atoms with Crippen molar-refractivity contribution in [2.45, 2.75) is 19.3 Å². The maximum absolute atomic E-state index is 5.46. The normalized spacial score (nSPS) is 13.4. The zero-order chi connectivity index (χ0) is 18.8. The molecule has 1 aromatic heterocycles. The van der Waals surface area contributed by atoms with Gasteiger partial charge in [-0.15, -0.1) is 0 Å². The van der Waals surface area contributed by atoms with E-state index < -0.39 is 0 Å². The van der Waals surface area contributed by atoms with Crippen LogP contribution in [0.1, 0.15) is 18.4 Å². The van der Waals surface area contributed by atoms with Crippen molar-refractivity contribution >= 4 is 28.4 Å². The number of hydrogen-bond acceptors (Lipinski definition) is 4. The van der Waals surface area contributed by atoms with Gasteiger partial charge in [-0.2, -0.15) is 5.10 Å². The lowest BCUT2D eigenvalue weighted by Gasteiger charge is -2.09. The number of fused-ring (bicyclic) bond motifs is 1. The van der Waals surface area contributed by atoms with Crippen LogP contribution in [0.25, 0.3) is 16.9 Å². The first-order chi connectivity index (χ1) is 13.2. The maximum atomic E-state index is 5.46. The summed E-state index contributed by atoms with van der Waals surface area (Å²) in [6.45, 7) is 0.962. The molecule has 0 saturated carbocycles. The Balaban J connectivity index is 1.90. The van der Waals surface area contributed by atoms with Gasteiger partial charge in [0.1, 0.15) is 17.3 Å². The average Bonchev–Trinajstić information content (AvgIpc) is 2.89. The highest BCUT2D eigenvalue weighted by molar-refractivity contribution is 14.1. The van der Waals surface area contributed by atoms with E-state index in [1.165, 1.54) is 9.13 Å². The van der Waals surface area contributed by atoms with Crippen LogP contribution in [0, 0.1) is 3.57 Å². The topological polar surface area (TPSA) is 48.3 Å². The SMILES string of the molecule is COc1cc(OC)cc(-c2nn(-c3ccc(I)cc3)c3c2CCCCN3)c1. The second-order valence-corrected chi connectivity index (χ2v) is 7.79. The molecule has 3 aromatic rings. The van der Waals surface area contributed by atoms with E-state index in [2.05, 4.69) is 52.2 Å². The fraction of sp³-hybridized carbons (Fsp3) is 0.286. The van der Waals surface area contributed by atoms with Crippen molar-refractivity contribution in [3.8, 4) is 28.4 Å². The van der Waals surface area contributed by atoms with Crippen LogP contribution in [-0.2, 0) is 6.42 Å². The number of halogens is 1. The molecule has 4 rings (SSSR count). The minimum Gasteiger partial charge on any atom is -0.497 e. The standard InChI is InChI=1S/C21H22IN3O2/c1-26-17-11-14(12-18(13-17)27-2)20-19-5-3-4-10-23-21(19)25(24-20)16-8-6-15(22)7-9-16/h6-9,11-13,23H,3-5,10H2,1-2H3. The van der Waals surface area contributed by atoms with Crippen LogP contribution >= 0.6 is 22.6 Å². The minimum atomic E-state index is 0.767. The van der Waals surface area contributed by atoms with Crippen molar-refractivity contribution in [2.24, 2.45) is 0 Å². The number of ether oxygens (including phenoxy) is 2. The third-order valence-electron chi connectivity index (χ3n) is 4.83. The summed E-state index contributed by atoms with van der Waals surface area (Å²) in [4.78, 5) is 0. The van der Waals surface area contributed by atoms with Gasteiger partial charge in [0.25, 0.3) is 0 Å². The first-order valence-electron chi connectivity index (χ1n) is 9.05. The number of anilines is 1. The molecule has 27 heavy (non-hydrogen) atoms. The summed E-state index contributed by atoms with van der Waals surface area (Å²) in [5.41, 5.74) is 4.30. The second-order valence-electron chi connectivity index (χ2n) is 6.55. The molecule has 1 aliphatic rings. The molecule has 0 fully saturated rings. The number of hydrogen-bond donors (Lipinski definition) is 1. The van der Waals surface area contributed by atoms with Crippen molar-refractivity contribution in [2.75, 3.05) is 26.1 Å². The molecule has 0 unspecified atom stereocenters. The van der Waals surface area contributed by atoms with Gasteiger partial charge >= 0.3 is 0 Å². The lowest BCUT2D eigenvalue weighted by Crippen LogP contribution is -2.07. The van der Waals surface area contributed by atoms with Gasteiger partial charge in [-0.1, -0.05) is 0 Å². The van der Waals surface area contributed by atoms with Gasteiger partial charge in [-0.25, -0.2) is 4.68 Å². The Morgan fingerprint density at radius 3 is 2.37 bits per heavy atom. The van der Waals surface area contributed by atoms with E-state index in [1.807, 2.05) is 22.9 Å². The lowest BCUT2D eigenvalue weighted by atomic mass is 10.0. The number of benzene rings is 2. The van der Waals surface area contributed by atoms with Gasteiger partial charge in [-0.05, 0) is 78.3 Å². The first-order valence-corrected chi connectivity index (χ1v) is 10.1. The number of rotatable bonds is 4. The number of nitrogens with zero attached hydrogens (tertiary/aromatic N) is 2. The molecule has 5 nitrogen and oxygen atoms in total. The van der Waals surface area contributed by atoms with E-state index >= 15 is 0 Å². The highest BCUT2D eigenvalue weighted by Crippen LogP contribution is 2.37. The molecule has 1 aliphatic heterocycles. The minimum absolute atomic E-state index is 0.767. The fourth-order valence-electron chi connectivity index (χ4n) is 3.45. The van der Waals surface area contributed by atoms with Crippen LogP contribution in [0.2, 0.25) is 0 Å². The zero-order valence-corrected chi connectivity index (χ0v) is 17.6. The van der Waals surface area contributed by atoms with Crippen molar-refractivity contribution in [3.05, 3.63) is 51.6 Å². The largest absolute Gasteiger partial charge is 0.497 e. The molecule has 0 amide bonds. The van der Waals surface area contributed by atoms with E-state index in [-0.39, 0.29) is 0 Å². The van der Waals surface area contributed by atoms with Crippen molar-refractivity contribution in [1.82, 2.24) is 9.78 Å². The van der Waals surface area contributed by atoms with E-state index in [0.717, 1.165) is 60.1 Å². The highest BCUT2D eigenvalue weighted by Gasteiger charge is 2.22. The summed E-state index contributed by atoms with van der Waals surface area (Å²) in [7, 11) is 3.34. The van der Waals surface area contributed by atoms with Crippen LogP contribution in [0.3, 0.4) is 0 Å². The second kappa shape index (κ2) is 7.80. The predicted octanol–water partition coefficient (Wildman–Crippen LogP) is 4.91. The molecule has 0 saturated heterocycles. The number of methoxy groups -OCH3 is 2. The van der Waals surface area contributed by atoms with Crippen molar-refractivity contribution in [3.63, 3.8) is 0 Å². The summed E-state index contributed by atoms with van der Waals surface area (Å²) in [6.07, 6.45) is 3.30. The summed E-state index contributed by atoms with van der Waals surface area (Å²) in [5, 5.41) is 8.59. The Labute approximate surface area is 172 Å². The molecule has 6 heteroatoms. The number of nitrogens with one attached hydrogen (secondary N) is 1. The van der Waals surface area contributed by atoms with Gasteiger partial charge in [0.2, 0.25) is 0 Å².